The van der Waals surface area contributed by atoms with E-state index in [2.05, 4.69) is 22.3 Å². The van der Waals surface area contributed by atoms with Gasteiger partial charge in [-0.1, -0.05) is 6.07 Å². The summed E-state index contributed by atoms with van der Waals surface area (Å²) in [5.41, 5.74) is 1.21. The molecule has 1 aromatic rings. The van der Waals surface area contributed by atoms with Crippen molar-refractivity contribution < 1.29 is 14.3 Å². The summed E-state index contributed by atoms with van der Waals surface area (Å²) in [5, 5.41) is 3.21. The maximum atomic E-state index is 12.8. The lowest BCUT2D eigenvalue weighted by Gasteiger charge is -2.25. The van der Waals surface area contributed by atoms with Crippen LogP contribution in [0, 0.1) is 5.92 Å². The fourth-order valence-corrected chi connectivity index (χ4v) is 3.91. The number of hydrogen-bond acceptors (Lipinski definition) is 4. The van der Waals surface area contributed by atoms with Crippen LogP contribution in [0.5, 0.6) is 11.5 Å². The molecule has 0 bridgehead atoms. The molecule has 1 N–H and O–H groups in total. The molecule has 3 aliphatic rings. The van der Waals surface area contributed by atoms with Crippen molar-refractivity contribution in [2.75, 3.05) is 33.4 Å². The van der Waals surface area contributed by atoms with E-state index in [1.54, 1.807) is 0 Å². The Balaban J connectivity index is 0.00000169. The Labute approximate surface area is 149 Å². The fourth-order valence-electron chi connectivity index (χ4n) is 3.91. The maximum absolute atomic E-state index is 12.8. The minimum Gasteiger partial charge on any atom is -0.486 e. The number of hydrogen-bond donors (Lipinski definition) is 1. The van der Waals surface area contributed by atoms with Crippen LogP contribution >= 0.6 is 12.4 Å². The van der Waals surface area contributed by atoms with Gasteiger partial charge in [0.2, 0.25) is 5.91 Å². The van der Waals surface area contributed by atoms with Gasteiger partial charge in [0.05, 0.1) is 0 Å². The summed E-state index contributed by atoms with van der Waals surface area (Å²) in [6.45, 7) is 3.02. The highest BCUT2D eigenvalue weighted by molar-refractivity contribution is 5.85. The van der Waals surface area contributed by atoms with Gasteiger partial charge < -0.3 is 19.7 Å². The predicted octanol–water partition coefficient (Wildman–Crippen LogP) is 2.19. The summed E-state index contributed by atoms with van der Waals surface area (Å²) in [7, 11) is 1.95. The maximum Gasteiger partial charge on any atom is 0.226 e. The molecule has 4 rings (SSSR count). The van der Waals surface area contributed by atoms with Crippen molar-refractivity contribution in [1.29, 1.82) is 0 Å². The Morgan fingerprint density at radius 1 is 1.29 bits per heavy atom. The van der Waals surface area contributed by atoms with Gasteiger partial charge in [0, 0.05) is 25.0 Å². The lowest BCUT2D eigenvalue weighted by molar-refractivity contribution is -0.133. The van der Waals surface area contributed by atoms with E-state index in [-0.39, 0.29) is 18.3 Å². The van der Waals surface area contributed by atoms with Crippen molar-refractivity contribution in [1.82, 2.24) is 10.2 Å². The molecule has 1 saturated carbocycles. The number of nitrogens with one attached hydrogen (secondary N) is 1. The molecule has 24 heavy (non-hydrogen) atoms. The second kappa shape index (κ2) is 7.19. The molecule has 0 aromatic heterocycles. The van der Waals surface area contributed by atoms with Crippen LogP contribution in [-0.2, 0) is 4.79 Å². The minimum atomic E-state index is 0. The first kappa shape index (κ1) is 17.4. The number of fused-ring (bicyclic) bond motifs is 1. The van der Waals surface area contributed by atoms with Crippen molar-refractivity contribution in [2.45, 2.75) is 31.2 Å². The van der Waals surface area contributed by atoms with E-state index in [0.29, 0.717) is 31.1 Å². The molecular weight excluding hydrogens is 328 g/mol. The summed E-state index contributed by atoms with van der Waals surface area (Å²) in [5.74, 6) is 2.46. The number of benzene rings is 1. The number of halogens is 1. The molecule has 1 aliphatic carbocycles. The largest absolute Gasteiger partial charge is 0.486 e. The van der Waals surface area contributed by atoms with E-state index in [1.807, 2.05) is 13.1 Å². The summed E-state index contributed by atoms with van der Waals surface area (Å²) in [4.78, 5) is 14.9. The Bertz CT molecular complexity index is 610. The van der Waals surface area contributed by atoms with E-state index in [1.165, 1.54) is 5.56 Å². The van der Waals surface area contributed by atoms with Crippen molar-refractivity contribution in [3.8, 4) is 11.5 Å². The molecule has 2 fully saturated rings. The number of carbonyl (C=O) groups excluding carboxylic acids is 1. The van der Waals surface area contributed by atoms with Crippen molar-refractivity contribution in [2.24, 2.45) is 5.92 Å². The minimum absolute atomic E-state index is 0. The number of likely N-dealkylation sites (tertiary alicyclic amines) is 1. The monoisotopic (exact) mass is 352 g/mol. The molecule has 1 saturated heterocycles. The van der Waals surface area contributed by atoms with E-state index < -0.39 is 0 Å². The average Bonchev–Trinajstić information content (AvgIpc) is 3.26. The molecule has 1 amide bonds. The first-order chi connectivity index (χ1) is 11.3. The number of likely N-dealkylation sites (N-methyl/N-ethyl adjacent to an activating group) is 1. The van der Waals surface area contributed by atoms with Gasteiger partial charge in [-0.15, -0.1) is 12.4 Å². The van der Waals surface area contributed by atoms with Gasteiger partial charge in [0.15, 0.2) is 11.5 Å². The molecule has 132 valence electrons. The zero-order chi connectivity index (χ0) is 15.8. The van der Waals surface area contributed by atoms with Crippen LogP contribution in [0.15, 0.2) is 18.2 Å². The van der Waals surface area contributed by atoms with Gasteiger partial charge in [-0.3, -0.25) is 4.79 Å². The van der Waals surface area contributed by atoms with Crippen molar-refractivity contribution >= 4 is 18.3 Å². The van der Waals surface area contributed by atoms with Crippen LogP contribution in [0.25, 0.3) is 0 Å². The van der Waals surface area contributed by atoms with Gasteiger partial charge in [0.25, 0.3) is 0 Å². The van der Waals surface area contributed by atoms with Gasteiger partial charge in [-0.05, 0) is 49.9 Å². The third kappa shape index (κ3) is 3.20. The first-order valence-corrected chi connectivity index (χ1v) is 8.62. The second-order valence-electron chi connectivity index (χ2n) is 6.74. The fraction of sp³-hybridized carbons (Fsp3) is 0.611. The molecule has 2 aliphatic heterocycles. The molecule has 1 aromatic carbocycles. The number of rotatable bonds is 4. The Hall–Kier alpha value is -1.46. The zero-order valence-electron chi connectivity index (χ0n) is 14.0. The van der Waals surface area contributed by atoms with E-state index in [4.69, 9.17) is 9.47 Å². The number of nitrogens with zero attached hydrogens (tertiary/aromatic N) is 1. The topological polar surface area (TPSA) is 50.8 Å². The third-order valence-electron chi connectivity index (χ3n) is 5.20. The second-order valence-corrected chi connectivity index (χ2v) is 6.74. The molecule has 0 spiro atoms. The van der Waals surface area contributed by atoms with Crippen LogP contribution in [0.2, 0.25) is 0 Å². The van der Waals surface area contributed by atoms with E-state index >= 15 is 0 Å². The van der Waals surface area contributed by atoms with E-state index in [0.717, 1.165) is 43.9 Å². The van der Waals surface area contributed by atoms with E-state index in [9.17, 15) is 4.79 Å². The Morgan fingerprint density at radius 2 is 2.08 bits per heavy atom. The number of ether oxygens (including phenoxy) is 2. The molecule has 3 unspecified atom stereocenters. The smallest absolute Gasteiger partial charge is 0.226 e. The predicted molar refractivity (Wildman–Crippen MR) is 94.2 cm³/mol. The molecular formula is C18H25ClN2O3. The summed E-state index contributed by atoms with van der Waals surface area (Å²) >= 11 is 0. The van der Waals surface area contributed by atoms with Gasteiger partial charge in [0.1, 0.15) is 13.2 Å². The highest BCUT2D eigenvalue weighted by Gasteiger charge is 2.47. The Kier molecular flexibility index (Phi) is 5.21. The first-order valence-electron chi connectivity index (χ1n) is 8.62. The SMILES string of the molecule is CNCC1CCCN1C(=O)C1CC1c1ccc2c(c1)OCCO2.Cl. The lowest BCUT2D eigenvalue weighted by atomic mass is 10.1. The molecule has 0 radical (unpaired) electrons. The molecule has 6 heteroatoms. The van der Waals surface area contributed by atoms with Crippen molar-refractivity contribution in [3.05, 3.63) is 23.8 Å². The normalized spacial score (nSPS) is 27.5. The van der Waals surface area contributed by atoms with Crippen molar-refractivity contribution in [3.63, 3.8) is 0 Å². The third-order valence-corrected chi connectivity index (χ3v) is 5.20. The Morgan fingerprint density at radius 3 is 2.88 bits per heavy atom. The lowest BCUT2D eigenvalue weighted by Crippen LogP contribution is -2.41. The van der Waals surface area contributed by atoms with Crippen LogP contribution in [0.4, 0.5) is 0 Å². The van der Waals surface area contributed by atoms with Gasteiger partial charge >= 0.3 is 0 Å². The standard InChI is InChI=1S/C18H24N2O3.ClH/c1-19-11-13-3-2-6-20(13)18(21)15-10-14(15)12-4-5-16-17(9-12)23-8-7-22-16;/h4-5,9,13-15,19H,2-3,6-8,10-11H2,1H3;1H. The van der Waals surface area contributed by atoms with Gasteiger partial charge in [-0.2, -0.15) is 0 Å². The molecule has 3 atom stereocenters. The summed E-state index contributed by atoms with van der Waals surface area (Å²) in [6.07, 6.45) is 3.20. The quantitative estimate of drug-likeness (QED) is 0.902. The number of amides is 1. The highest BCUT2D eigenvalue weighted by Crippen LogP contribution is 2.50. The number of carbonyl (C=O) groups is 1. The van der Waals surface area contributed by atoms with Crippen LogP contribution in [0.1, 0.15) is 30.7 Å². The zero-order valence-corrected chi connectivity index (χ0v) is 14.8. The molecule has 2 heterocycles. The summed E-state index contributed by atoms with van der Waals surface area (Å²) in [6, 6.07) is 6.49. The van der Waals surface area contributed by atoms with Crippen LogP contribution in [0.3, 0.4) is 0 Å². The van der Waals surface area contributed by atoms with Crippen LogP contribution in [-0.4, -0.2) is 50.2 Å². The summed E-state index contributed by atoms with van der Waals surface area (Å²) < 4.78 is 11.2. The average molecular weight is 353 g/mol. The highest BCUT2D eigenvalue weighted by atomic mass is 35.5. The van der Waals surface area contributed by atoms with Crippen LogP contribution < -0.4 is 14.8 Å². The van der Waals surface area contributed by atoms with Gasteiger partial charge in [-0.25, -0.2) is 0 Å². The molecule has 5 nitrogen and oxygen atoms in total.